The fourth-order valence-electron chi connectivity index (χ4n) is 1.09. The van der Waals surface area contributed by atoms with Crippen LogP contribution in [-0.4, -0.2) is 10.5 Å². The van der Waals surface area contributed by atoms with Crippen molar-refractivity contribution in [2.24, 2.45) is 4.99 Å². The first kappa shape index (κ1) is 6.80. The minimum atomic E-state index is -0.127. The van der Waals surface area contributed by atoms with Crippen LogP contribution in [0, 0.1) is 0 Å². The van der Waals surface area contributed by atoms with Gasteiger partial charge in [0.05, 0.1) is 0 Å². The molecule has 0 saturated heterocycles. The third kappa shape index (κ3) is 1.26. The molecule has 0 fully saturated rings. The highest BCUT2D eigenvalue weighted by molar-refractivity contribution is 6.20. The third-order valence-corrected chi connectivity index (χ3v) is 1.89. The number of rotatable bonds is 0. The molecule has 1 aromatic rings. The number of hydrogen-bond acceptors (Lipinski definition) is 2. The number of hydrogen-bond donors (Lipinski definition) is 0. The summed E-state index contributed by atoms with van der Waals surface area (Å²) in [6.45, 7) is 0. The maximum absolute atomic E-state index is 5.81. The van der Waals surface area contributed by atoms with Crippen LogP contribution in [0.1, 0.15) is 6.42 Å². The van der Waals surface area contributed by atoms with Crippen molar-refractivity contribution in [2.75, 3.05) is 0 Å². The molecule has 56 valence electrons. The topological polar surface area (TPSA) is 25.2 Å². The van der Waals surface area contributed by atoms with Gasteiger partial charge in [-0.15, -0.1) is 0 Å². The van der Waals surface area contributed by atoms with E-state index in [1.54, 1.807) is 6.20 Å². The van der Waals surface area contributed by atoms with Gasteiger partial charge in [0.1, 0.15) is 5.50 Å². The Bertz CT molecular complexity index is 372. The van der Waals surface area contributed by atoms with Crippen LogP contribution < -0.4 is 10.7 Å². The standard InChI is InChI=1S/C8H7ClN2/c9-7-4-3-6-2-1-5-10-8(6)11-7/h1-3,5,7H,4H2. The van der Waals surface area contributed by atoms with Crippen molar-refractivity contribution in [1.82, 2.24) is 4.98 Å². The van der Waals surface area contributed by atoms with Crippen LogP contribution in [0.3, 0.4) is 0 Å². The first-order valence-corrected chi connectivity index (χ1v) is 3.93. The molecule has 0 saturated carbocycles. The number of fused-ring (bicyclic) bond motifs is 1. The minimum absolute atomic E-state index is 0.127. The lowest BCUT2D eigenvalue weighted by atomic mass is 10.2. The summed E-state index contributed by atoms with van der Waals surface area (Å²) < 4.78 is 0. The Balaban J connectivity index is 2.73. The zero-order chi connectivity index (χ0) is 7.68. The summed E-state index contributed by atoms with van der Waals surface area (Å²) in [6, 6.07) is 3.90. The normalized spacial score (nSPS) is 21.4. The van der Waals surface area contributed by atoms with Gasteiger partial charge in [0.2, 0.25) is 0 Å². The molecule has 1 atom stereocenters. The Morgan fingerprint density at radius 3 is 3.36 bits per heavy atom. The molecule has 1 unspecified atom stereocenters. The van der Waals surface area contributed by atoms with E-state index in [1.807, 2.05) is 12.1 Å². The average molecular weight is 167 g/mol. The summed E-state index contributed by atoms with van der Waals surface area (Å²) in [5.74, 6) is 0. The van der Waals surface area contributed by atoms with Gasteiger partial charge in [-0.05, 0) is 12.1 Å². The molecular weight excluding hydrogens is 160 g/mol. The van der Waals surface area contributed by atoms with Crippen molar-refractivity contribution in [2.45, 2.75) is 11.9 Å². The van der Waals surface area contributed by atoms with Crippen molar-refractivity contribution in [3.8, 4) is 0 Å². The highest BCUT2D eigenvalue weighted by atomic mass is 35.5. The van der Waals surface area contributed by atoms with Crippen LogP contribution >= 0.6 is 11.6 Å². The highest BCUT2D eigenvalue weighted by Crippen LogP contribution is 2.03. The molecule has 0 radical (unpaired) electrons. The number of halogens is 1. The van der Waals surface area contributed by atoms with Crippen LogP contribution in [0.25, 0.3) is 6.08 Å². The van der Waals surface area contributed by atoms with Crippen molar-refractivity contribution >= 4 is 17.7 Å². The molecule has 0 spiro atoms. The largest absolute Gasteiger partial charge is 0.246 e. The van der Waals surface area contributed by atoms with E-state index in [4.69, 9.17) is 11.6 Å². The summed E-state index contributed by atoms with van der Waals surface area (Å²) in [5.41, 5.74) is 0.635. The lowest BCUT2D eigenvalue weighted by Gasteiger charge is -2.03. The number of aromatic nitrogens is 1. The Morgan fingerprint density at radius 2 is 2.45 bits per heavy atom. The number of pyridine rings is 1. The average Bonchev–Trinajstić information content (AvgIpc) is 2.04. The van der Waals surface area contributed by atoms with E-state index in [2.05, 4.69) is 16.1 Å². The first-order valence-electron chi connectivity index (χ1n) is 3.49. The molecule has 2 heterocycles. The number of nitrogens with zero attached hydrogens (tertiary/aromatic N) is 2. The van der Waals surface area contributed by atoms with Crippen LogP contribution in [0.4, 0.5) is 0 Å². The molecule has 3 heteroatoms. The van der Waals surface area contributed by atoms with E-state index >= 15 is 0 Å². The van der Waals surface area contributed by atoms with Gasteiger partial charge >= 0.3 is 0 Å². The molecule has 2 nitrogen and oxygen atoms in total. The molecule has 0 aliphatic carbocycles. The van der Waals surface area contributed by atoms with Gasteiger partial charge in [-0.25, -0.2) is 9.98 Å². The predicted octanol–water partition coefficient (Wildman–Crippen LogP) is 0.450. The Hall–Kier alpha value is -0.890. The van der Waals surface area contributed by atoms with Crippen molar-refractivity contribution in [3.63, 3.8) is 0 Å². The van der Waals surface area contributed by atoms with Crippen LogP contribution in [0.15, 0.2) is 23.3 Å². The molecule has 0 amide bonds. The lowest BCUT2D eigenvalue weighted by Crippen LogP contribution is -2.32. The molecule has 1 aromatic heterocycles. The summed E-state index contributed by atoms with van der Waals surface area (Å²) in [7, 11) is 0. The van der Waals surface area contributed by atoms with Crippen molar-refractivity contribution < 1.29 is 0 Å². The zero-order valence-electron chi connectivity index (χ0n) is 5.87. The SMILES string of the molecule is ClC1CC=c2cccnc2=N1. The summed E-state index contributed by atoms with van der Waals surface area (Å²) >= 11 is 5.81. The van der Waals surface area contributed by atoms with Gasteiger partial charge in [-0.3, -0.25) is 0 Å². The fraction of sp³-hybridized carbons (Fsp3) is 0.250. The molecule has 1 aliphatic rings. The van der Waals surface area contributed by atoms with E-state index in [1.165, 1.54) is 0 Å². The maximum atomic E-state index is 5.81. The highest BCUT2D eigenvalue weighted by Gasteiger charge is 2.03. The Labute approximate surface area is 69.2 Å². The lowest BCUT2D eigenvalue weighted by molar-refractivity contribution is 0.856. The van der Waals surface area contributed by atoms with Crippen LogP contribution in [0.5, 0.6) is 0 Å². The molecule has 11 heavy (non-hydrogen) atoms. The first-order chi connectivity index (χ1) is 5.36. The molecule has 0 aromatic carbocycles. The molecule has 0 N–H and O–H groups in total. The molecular formula is C8H7ClN2. The molecule has 0 bridgehead atoms. The van der Waals surface area contributed by atoms with Crippen LogP contribution in [0.2, 0.25) is 0 Å². The van der Waals surface area contributed by atoms with E-state index in [0.717, 1.165) is 17.1 Å². The quantitative estimate of drug-likeness (QED) is 0.406. The summed E-state index contributed by atoms with van der Waals surface area (Å²) in [4.78, 5) is 8.26. The zero-order valence-corrected chi connectivity index (χ0v) is 6.62. The summed E-state index contributed by atoms with van der Waals surface area (Å²) in [5, 5.41) is 1.09. The van der Waals surface area contributed by atoms with E-state index in [0.29, 0.717) is 0 Å². The second kappa shape index (κ2) is 2.62. The minimum Gasteiger partial charge on any atom is -0.246 e. The Morgan fingerprint density at radius 1 is 1.55 bits per heavy atom. The predicted molar refractivity (Wildman–Crippen MR) is 43.7 cm³/mol. The van der Waals surface area contributed by atoms with Crippen molar-refractivity contribution in [1.29, 1.82) is 0 Å². The van der Waals surface area contributed by atoms with E-state index in [-0.39, 0.29) is 5.50 Å². The van der Waals surface area contributed by atoms with E-state index < -0.39 is 0 Å². The van der Waals surface area contributed by atoms with Gasteiger partial charge in [-0.2, -0.15) is 0 Å². The monoisotopic (exact) mass is 166 g/mol. The summed E-state index contributed by atoms with van der Waals surface area (Å²) in [6.07, 6.45) is 4.60. The van der Waals surface area contributed by atoms with Gasteiger partial charge in [-0.1, -0.05) is 17.7 Å². The van der Waals surface area contributed by atoms with E-state index in [9.17, 15) is 0 Å². The third-order valence-electron chi connectivity index (χ3n) is 1.61. The second-order valence-electron chi connectivity index (χ2n) is 2.42. The Kier molecular flexibility index (Phi) is 1.62. The van der Waals surface area contributed by atoms with Gasteiger partial charge in [0, 0.05) is 17.8 Å². The fourth-order valence-corrected chi connectivity index (χ4v) is 1.27. The molecule has 2 rings (SSSR count). The maximum Gasteiger partial charge on any atom is 0.155 e. The van der Waals surface area contributed by atoms with Gasteiger partial charge in [0.25, 0.3) is 0 Å². The van der Waals surface area contributed by atoms with Gasteiger partial charge < -0.3 is 0 Å². The van der Waals surface area contributed by atoms with Crippen molar-refractivity contribution in [3.05, 3.63) is 29.0 Å². The molecule has 1 aliphatic heterocycles. The van der Waals surface area contributed by atoms with Gasteiger partial charge in [0.15, 0.2) is 5.49 Å². The smallest absolute Gasteiger partial charge is 0.155 e. The van der Waals surface area contributed by atoms with Crippen LogP contribution in [-0.2, 0) is 0 Å². The number of alkyl halides is 1. The second-order valence-corrected chi connectivity index (χ2v) is 2.92.